The lowest BCUT2D eigenvalue weighted by molar-refractivity contribution is -0.151. The first-order valence-corrected chi connectivity index (χ1v) is 6.24. The van der Waals surface area contributed by atoms with Gasteiger partial charge in [0.05, 0.1) is 0 Å². The predicted octanol–water partition coefficient (Wildman–Crippen LogP) is 0.109. The lowest BCUT2D eigenvalue weighted by Gasteiger charge is -2.35. The first kappa shape index (κ1) is 17.1. The van der Waals surface area contributed by atoms with Gasteiger partial charge in [0, 0.05) is 19.0 Å². The molecule has 1 aromatic heterocycles. The van der Waals surface area contributed by atoms with Gasteiger partial charge in [0.1, 0.15) is 5.69 Å². The number of hydrogen-bond acceptors (Lipinski definition) is 5. The molecule has 116 valence electrons. The van der Waals surface area contributed by atoms with Crippen LogP contribution in [0.25, 0.3) is 0 Å². The van der Waals surface area contributed by atoms with Gasteiger partial charge in [-0.05, 0) is 18.6 Å². The molecule has 1 rings (SSSR count). The molecule has 0 unspecified atom stereocenters. The Morgan fingerprint density at radius 2 is 2.05 bits per heavy atom. The van der Waals surface area contributed by atoms with Crippen molar-refractivity contribution in [3.63, 3.8) is 0 Å². The Morgan fingerprint density at radius 1 is 1.36 bits per heavy atom. The van der Waals surface area contributed by atoms with Gasteiger partial charge in [0.2, 0.25) is 0 Å². The SMILES string of the molecule is C#CC[C@](CCC(=O)O)(C(=O)O)N(N)C(=O)c1ccccn1. The van der Waals surface area contributed by atoms with Gasteiger partial charge in [-0.2, -0.15) is 0 Å². The van der Waals surface area contributed by atoms with E-state index >= 15 is 0 Å². The minimum absolute atomic E-state index is 0.0667. The van der Waals surface area contributed by atoms with E-state index in [2.05, 4.69) is 10.9 Å². The number of amides is 1. The second-order valence-corrected chi connectivity index (χ2v) is 4.50. The third-order valence-corrected chi connectivity index (χ3v) is 3.11. The number of nitrogens with two attached hydrogens (primary N) is 1. The van der Waals surface area contributed by atoms with E-state index in [1.807, 2.05) is 0 Å². The van der Waals surface area contributed by atoms with Gasteiger partial charge in [-0.3, -0.25) is 19.6 Å². The summed E-state index contributed by atoms with van der Waals surface area (Å²) in [5, 5.41) is 18.7. The summed E-state index contributed by atoms with van der Waals surface area (Å²) in [5.74, 6) is 4.26. The minimum atomic E-state index is -2.01. The molecule has 1 atom stereocenters. The van der Waals surface area contributed by atoms with Crippen LogP contribution in [0.15, 0.2) is 24.4 Å². The van der Waals surface area contributed by atoms with E-state index in [1.54, 1.807) is 6.07 Å². The zero-order chi connectivity index (χ0) is 16.8. The largest absolute Gasteiger partial charge is 0.481 e. The Labute approximate surface area is 126 Å². The second kappa shape index (κ2) is 7.19. The van der Waals surface area contributed by atoms with Crippen LogP contribution in [0.1, 0.15) is 29.8 Å². The lowest BCUT2D eigenvalue weighted by Crippen LogP contribution is -2.60. The zero-order valence-electron chi connectivity index (χ0n) is 11.6. The summed E-state index contributed by atoms with van der Waals surface area (Å²) in [6.07, 6.45) is 5.17. The van der Waals surface area contributed by atoms with Gasteiger partial charge in [-0.15, -0.1) is 12.3 Å². The molecule has 1 aromatic rings. The molecule has 0 aliphatic rings. The molecule has 0 fully saturated rings. The molecule has 0 saturated carbocycles. The van der Waals surface area contributed by atoms with Gasteiger partial charge in [0.25, 0.3) is 5.91 Å². The topological polar surface area (TPSA) is 134 Å². The van der Waals surface area contributed by atoms with Crippen molar-refractivity contribution in [2.24, 2.45) is 5.84 Å². The fourth-order valence-corrected chi connectivity index (χ4v) is 1.87. The standard InChI is InChI=1S/C14H15N3O5/c1-2-7-14(13(21)22,8-6-11(18)19)17(15)12(20)10-5-3-4-9-16-10/h1,3-5,9H,6-8,15H2,(H,18,19)(H,21,22)/t14-/m0/s1. The summed E-state index contributed by atoms with van der Waals surface area (Å²) in [6.45, 7) is 0. The quantitative estimate of drug-likeness (QED) is 0.282. The van der Waals surface area contributed by atoms with Gasteiger partial charge < -0.3 is 10.2 Å². The van der Waals surface area contributed by atoms with Crippen molar-refractivity contribution >= 4 is 17.8 Å². The average Bonchev–Trinajstić information content (AvgIpc) is 2.50. The van der Waals surface area contributed by atoms with Crippen molar-refractivity contribution in [2.75, 3.05) is 0 Å². The van der Waals surface area contributed by atoms with Crippen LogP contribution in [0, 0.1) is 12.3 Å². The minimum Gasteiger partial charge on any atom is -0.481 e. The average molecular weight is 305 g/mol. The Bertz CT molecular complexity index is 611. The number of terminal acetylenes is 1. The molecule has 0 aliphatic carbocycles. The fraction of sp³-hybridized carbons (Fsp3) is 0.286. The van der Waals surface area contributed by atoms with Crippen LogP contribution in [-0.4, -0.2) is 43.6 Å². The Hall–Kier alpha value is -2.92. The summed E-state index contributed by atoms with van der Waals surface area (Å²) in [7, 11) is 0. The molecule has 0 aromatic carbocycles. The van der Waals surface area contributed by atoms with Crippen molar-refractivity contribution in [3.05, 3.63) is 30.1 Å². The van der Waals surface area contributed by atoms with Crippen LogP contribution in [0.2, 0.25) is 0 Å². The van der Waals surface area contributed by atoms with Crippen molar-refractivity contribution in [1.82, 2.24) is 9.99 Å². The maximum Gasteiger partial charge on any atom is 0.332 e. The molecule has 8 heteroatoms. The molecule has 1 heterocycles. The van der Waals surface area contributed by atoms with Crippen LogP contribution < -0.4 is 5.84 Å². The molecule has 0 bridgehead atoms. The molecular formula is C14H15N3O5. The highest BCUT2D eigenvalue weighted by atomic mass is 16.4. The van der Waals surface area contributed by atoms with Crippen LogP contribution >= 0.6 is 0 Å². The smallest absolute Gasteiger partial charge is 0.332 e. The first-order chi connectivity index (χ1) is 10.3. The maximum atomic E-state index is 12.3. The highest BCUT2D eigenvalue weighted by Crippen LogP contribution is 2.25. The number of carboxylic acids is 2. The normalized spacial score (nSPS) is 12.7. The lowest BCUT2D eigenvalue weighted by atomic mass is 9.88. The van der Waals surface area contributed by atoms with Crippen molar-refractivity contribution < 1.29 is 24.6 Å². The number of rotatable bonds is 7. The number of carbonyl (C=O) groups excluding carboxylic acids is 1. The number of hydrazine groups is 1. The van der Waals surface area contributed by atoms with E-state index in [1.165, 1.54) is 18.3 Å². The number of nitrogens with zero attached hydrogens (tertiary/aromatic N) is 2. The fourth-order valence-electron chi connectivity index (χ4n) is 1.87. The number of aromatic nitrogens is 1. The number of carbonyl (C=O) groups is 3. The molecule has 0 radical (unpaired) electrons. The Morgan fingerprint density at radius 3 is 2.50 bits per heavy atom. The van der Waals surface area contributed by atoms with E-state index < -0.39 is 42.6 Å². The van der Waals surface area contributed by atoms with Crippen LogP contribution in [0.4, 0.5) is 0 Å². The molecule has 1 amide bonds. The van der Waals surface area contributed by atoms with Gasteiger partial charge in [-0.1, -0.05) is 6.07 Å². The summed E-state index contributed by atoms with van der Waals surface area (Å²) in [6, 6.07) is 4.48. The van der Waals surface area contributed by atoms with E-state index in [9.17, 15) is 19.5 Å². The Kier molecular flexibility index (Phi) is 5.60. The molecule has 0 aliphatic heterocycles. The molecular weight excluding hydrogens is 290 g/mol. The number of carboxylic acid groups (broad SMARTS) is 2. The number of aliphatic carboxylic acids is 2. The molecule has 8 nitrogen and oxygen atoms in total. The highest BCUT2D eigenvalue weighted by Gasteiger charge is 2.46. The number of pyridine rings is 1. The highest BCUT2D eigenvalue weighted by molar-refractivity contribution is 5.96. The van der Waals surface area contributed by atoms with Gasteiger partial charge in [-0.25, -0.2) is 10.6 Å². The summed E-state index contributed by atoms with van der Waals surface area (Å²) in [4.78, 5) is 38.4. The molecule has 0 spiro atoms. The van der Waals surface area contributed by atoms with Gasteiger partial charge in [0.15, 0.2) is 5.54 Å². The molecule has 22 heavy (non-hydrogen) atoms. The van der Waals surface area contributed by atoms with Crippen LogP contribution in [0.3, 0.4) is 0 Å². The van der Waals surface area contributed by atoms with Crippen molar-refractivity contribution in [2.45, 2.75) is 24.8 Å². The summed E-state index contributed by atoms with van der Waals surface area (Å²) >= 11 is 0. The van der Waals surface area contributed by atoms with Crippen LogP contribution in [-0.2, 0) is 9.59 Å². The van der Waals surface area contributed by atoms with E-state index in [-0.39, 0.29) is 5.69 Å². The van der Waals surface area contributed by atoms with E-state index in [4.69, 9.17) is 17.4 Å². The molecule has 0 saturated heterocycles. The van der Waals surface area contributed by atoms with E-state index in [0.717, 1.165) is 0 Å². The monoisotopic (exact) mass is 305 g/mol. The summed E-state index contributed by atoms with van der Waals surface area (Å²) < 4.78 is 0. The predicted molar refractivity (Wildman–Crippen MR) is 75.3 cm³/mol. The van der Waals surface area contributed by atoms with Gasteiger partial charge >= 0.3 is 11.9 Å². The zero-order valence-corrected chi connectivity index (χ0v) is 11.6. The number of hydrogen-bond donors (Lipinski definition) is 3. The third kappa shape index (κ3) is 3.59. The third-order valence-electron chi connectivity index (χ3n) is 3.11. The van der Waals surface area contributed by atoms with Crippen molar-refractivity contribution in [3.8, 4) is 12.3 Å². The van der Waals surface area contributed by atoms with Crippen molar-refractivity contribution in [1.29, 1.82) is 0 Å². The summed E-state index contributed by atoms with van der Waals surface area (Å²) in [5.41, 5.74) is -2.08. The van der Waals surface area contributed by atoms with Crippen LogP contribution in [0.5, 0.6) is 0 Å². The Balaban J connectivity index is 3.19. The first-order valence-electron chi connectivity index (χ1n) is 6.24. The maximum absolute atomic E-state index is 12.3. The second-order valence-electron chi connectivity index (χ2n) is 4.50. The molecule has 4 N–H and O–H groups in total. The van der Waals surface area contributed by atoms with E-state index in [0.29, 0.717) is 5.01 Å².